The van der Waals surface area contributed by atoms with Crippen LogP contribution in [0.3, 0.4) is 0 Å². The maximum absolute atomic E-state index is 4.77. The minimum absolute atomic E-state index is 0.756. The molecule has 0 saturated heterocycles. The van der Waals surface area contributed by atoms with Crippen molar-refractivity contribution in [1.82, 2.24) is 9.88 Å². The van der Waals surface area contributed by atoms with Crippen LogP contribution >= 0.6 is 0 Å². The number of nitrogens with one attached hydrogen (secondary N) is 1. The molecule has 0 spiro atoms. The van der Waals surface area contributed by atoms with Gasteiger partial charge in [-0.1, -0.05) is 38.0 Å². The van der Waals surface area contributed by atoms with Crippen molar-refractivity contribution >= 4 is 16.7 Å². The van der Waals surface area contributed by atoms with Gasteiger partial charge in [-0.05, 0) is 31.5 Å². The maximum atomic E-state index is 4.77. The fraction of sp³-hybridized carbons (Fsp3) is 0.500. The Morgan fingerprint density at radius 1 is 1.24 bits per heavy atom. The molecule has 0 bridgehead atoms. The molecule has 2 aromatic rings. The number of para-hydroxylation sites is 1. The molecule has 1 aliphatic carbocycles. The van der Waals surface area contributed by atoms with E-state index in [-0.39, 0.29) is 0 Å². The van der Waals surface area contributed by atoms with Crippen LogP contribution in [-0.4, -0.2) is 29.5 Å². The van der Waals surface area contributed by atoms with E-state index in [2.05, 4.69) is 41.4 Å². The smallest absolute Gasteiger partial charge is 0.130 e. The molecule has 1 aromatic heterocycles. The summed E-state index contributed by atoms with van der Waals surface area (Å²) in [4.78, 5) is 7.38. The molecular weight excluding hydrogens is 258 g/mol. The average Bonchev–Trinajstić information content (AvgIpc) is 3.06. The summed E-state index contributed by atoms with van der Waals surface area (Å²) in [5.74, 6) is 1.02. The van der Waals surface area contributed by atoms with Gasteiger partial charge in [-0.25, -0.2) is 4.98 Å². The van der Waals surface area contributed by atoms with Crippen molar-refractivity contribution in [3.63, 3.8) is 0 Å². The molecular formula is C18H25N3. The monoisotopic (exact) mass is 283 g/mol. The Hall–Kier alpha value is -1.61. The highest BCUT2D eigenvalue weighted by Gasteiger charge is 2.22. The number of nitrogens with zero attached hydrogens (tertiary/aromatic N) is 2. The Kier molecular flexibility index (Phi) is 4.39. The van der Waals surface area contributed by atoms with Gasteiger partial charge in [0.25, 0.3) is 0 Å². The quantitative estimate of drug-likeness (QED) is 0.897. The van der Waals surface area contributed by atoms with Crippen molar-refractivity contribution in [3.8, 4) is 0 Å². The van der Waals surface area contributed by atoms with Gasteiger partial charge in [0, 0.05) is 30.6 Å². The number of hydrogen-bond acceptors (Lipinski definition) is 3. The van der Waals surface area contributed by atoms with Gasteiger partial charge in [-0.3, -0.25) is 4.90 Å². The molecule has 0 amide bonds. The summed E-state index contributed by atoms with van der Waals surface area (Å²) in [5.41, 5.74) is 2.37. The lowest BCUT2D eigenvalue weighted by molar-refractivity contribution is 0.200. The highest BCUT2D eigenvalue weighted by molar-refractivity contribution is 5.81. The third-order valence-electron chi connectivity index (χ3n) is 4.66. The predicted molar refractivity (Wildman–Crippen MR) is 89.6 cm³/mol. The lowest BCUT2D eigenvalue weighted by Crippen LogP contribution is -2.32. The summed E-state index contributed by atoms with van der Waals surface area (Å²) < 4.78 is 0. The second-order valence-electron chi connectivity index (χ2n) is 5.94. The van der Waals surface area contributed by atoms with Crippen molar-refractivity contribution in [1.29, 1.82) is 0 Å². The highest BCUT2D eigenvalue weighted by atomic mass is 15.2. The summed E-state index contributed by atoms with van der Waals surface area (Å²) in [6, 6.07) is 11.4. The largest absolute Gasteiger partial charge is 0.373 e. The van der Waals surface area contributed by atoms with Crippen molar-refractivity contribution in [2.45, 2.75) is 45.2 Å². The first-order chi connectivity index (χ1) is 10.3. The first-order valence-electron chi connectivity index (χ1n) is 8.12. The molecule has 0 radical (unpaired) electrons. The van der Waals surface area contributed by atoms with Crippen molar-refractivity contribution in [3.05, 3.63) is 35.9 Å². The zero-order valence-corrected chi connectivity index (χ0v) is 13.1. The third kappa shape index (κ3) is 3.03. The second-order valence-corrected chi connectivity index (χ2v) is 5.94. The number of benzene rings is 1. The molecule has 3 nitrogen and oxygen atoms in total. The van der Waals surface area contributed by atoms with E-state index in [4.69, 9.17) is 4.98 Å². The first kappa shape index (κ1) is 14.3. The van der Waals surface area contributed by atoms with Crippen LogP contribution in [0, 0.1) is 0 Å². The van der Waals surface area contributed by atoms with Crippen molar-refractivity contribution < 1.29 is 0 Å². The fourth-order valence-corrected chi connectivity index (χ4v) is 3.48. The first-order valence-corrected chi connectivity index (χ1v) is 8.12. The summed E-state index contributed by atoms with van der Waals surface area (Å²) in [5, 5.41) is 4.50. The summed E-state index contributed by atoms with van der Waals surface area (Å²) >= 11 is 0. The summed E-state index contributed by atoms with van der Waals surface area (Å²) in [6.07, 6.45) is 5.47. The summed E-state index contributed by atoms with van der Waals surface area (Å²) in [6.45, 7) is 4.38. The lowest BCUT2D eigenvalue weighted by Gasteiger charge is -2.28. The maximum Gasteiger partial charge on any atom is 0.130 e. The van der Waals surface area contributed by atoms with Gasteiger partial charge >= 0.3 is 0 Å². The predicted octanol–water partition coefficient (Wildman–Crippen LogP) is 4.04. The molecule has 3 heteroatoms. The van der Waals surface area contributed by atoms with Crippen LogP contribution in [0.2, 0.25) is 0 Å². The Morgan fingerprint density at radius 2 is 2.00 bits per heavy atom. The topological polar surface area (TPSA) is 28.2 Å². The molecule has 1 N–H and O–H groups in total. The Morgan fingerprint density at radius 3 is 2.71 bits per heavy atom. The molecule has 112 valence electrons. The molecule has 1 saturated carbocycles. The van der Waals surface area contributed by atoms with Crippen LogP contribution < -0.4 is 5.32 Å². The number of fused-ring (bicyclic) bond motifs is 1. The van der Waals surface area contributed by atoms with Crippen LogP contribution in [0.1, 0.15) is 38.2 Å². The SMILES string of the molecule is CCN(Cc1cc2ccccc2nc1NC)C1CCCC1. The van der Waals surface area contributed by atoms with Crippen LogP contribution in [0.5, 0.6) is 0 Å². The van der Waals surface area contributed by atoms with E-state index in [1.54, 1.807) is 0 Å². The normalized spacial score (nSPS) is 16.0. The van der Waals surface area contributed by atoms with Crippen LogP contribution in [-0.2, 0) is 6.54 Å². The van der Waals surface area contributed by atoms with E-state index >= 15 is 0 Å². The molecule has 1 heterocycles. The van der Waals surface area contributed by atoms with Gasteiger partial charge in [0.1, 0.15) is 5.82 Å². The number of anilines is 1. The molecule has 1 fully saturated rings. The minimum Gasteiger partial charge on any atom is -0.373 e. The van der Waals surface area contributed by atoms with Gasteiger partial charge < -0.3 is 5.32 Å². The molecule has 0 aliphatic heterocycles. The van der Waals surface area contributed by atoms with Crippen molar-refractivity contribution in [2.24, 2.45) is 0 Å². The van der Waals surface area contributed by atoms with E-state index < -0.39 is 0 Å². The van der Waals surface area contributed by atoms with E-state index in [1.165, 1.54) is 36.6 Å². The van der Waals surface area contributed by atoms with Crippen LogP contribution in [0.4, 0.5) is 5.82 Å². The second kappa shape index (κ2) is 6.44. The van der Waals surface area contributed by atoms with Crippen LogP contribution in [0.15, 0.2) is 30.3 Å². The molecule has 1 aliphatic rings. The highest BCUT2D eigenvalue weighted by Crippen LogP contribution is 2.27. The molecule has 3 rings (SSSR count). The van der Waals surface area contributed by atoms with Gasteiger partial charge in [-0.2, -0.15) is 0 Å². The zero-order chi connectivity index (χ0) is 14.7. The number of hydrogen-bond donors (Lipinski definition) is 1. The van der Waals surface area contributed by atoms with Gasteiger partial charge in [-0.15, -0.1) is 0 Å². The Labute approximate surface area is 127 Å². The van der Waals surface area contributed by atoms with Crippen molar-refractivity contribution in [2.75, 3.05) is 18.9 Å². The van der Waals surface area contributed by atoms with E-state index in [0.29, 0.717) is 0 Å². The van der Waals surface area contributed by atoms with Gasteiger partial charge in [0.05, 0.1) is 5.52 Å². The number of aromatic nitrogens is 1. The average molecular weight is 283 g/mol. The third-order valence-corrected chi connectivity index (χ3v) is 4.66. The van der Waals surface area contributed by atoms with E-state index in [0.717, 1.165) is 30.5 Å². The van der Waals surface area contributed by atoms with Gasteiger partial charge in [0.2, 0.25) is 0 Å². The fourth-order valence-electron chi connectivity index (χ4n) is 3.48. The van der Waals surface area contributed by atoms with Gasteiger partial charge in [0.15, 0.2) is 0 Å². The zero-order valence-electron chi connectivity index (χ0n) is 13.1. The number of rotatable bonds is 5. The van der Waals surface area contributed by atoms with Crippen LogP contribution in [0.25, 0.3) is 10.9 Å². The lowest BCUT2D eigenvalue weighted by atomic mass is 10.1. The minimum atomic E-state index is 0.756. The number of pyridine rings is 1. The standard InChI is InChI=1S/C18H25N3/c1-3-21(16-9-5-6-10-16)13-15-12-14-8-4-7-11-17(14)20-18(15)19-2/h4,7-8,11-12,16H,3,5-6,9-10,13H2,1-2H3,(H,19,20). The Balaban J connectivity index is 1.90. The Bertz CT molecular complexity index is 602. The molecule has 0 unspecified atom stereocenters. The molecule has 21 heavy (non-hydrogen) atoms. The van der Waals surface area contributed by atoms with E-state index in [9.17, 15) is 0 Å². The van der Waals surface area contributed by atoms with E-state index in [1.807, 2.05) is 13.1 Å². The molecule has 0 atom stereocenters. The summed E-state index contributed by atoms with van der Waals surface area (Å²) in [7, 11) is 1.96. The molecule has 1 aromatic carbocycles.